The Hall–Kier alpha value is -3.14. The van der Waals surface area contributed by atoms with Crippen LogP contribution in [-0.2, 0) is 11.2 Å². The molecule has 4 nitrogen and oxygen atoms in total. The number of benzene rings is 1. The molecule has 0 saturated heterocycles. The number of esters is 1. The smallest absolute Gasteiger partial charge is 0.339 e. The number of carbonyl (C=O) groups excluding carboxylic acids is 1. The van der Waals surface area contributed by atoms with Gasteiger partial charge in [-0.3, -0.25) is 0 Å². The van der Waals surface area contributed by atoms with Crippen LogP contribution in [0.2, 0.25) is 0 Å². The summed E-state index contributed by atoms with van der Waals surface area (Å²) < 4.78 is 10.8. The Balaban J connectivity index is 1.90. The van der Waals surface area contributed by atoms with Crippen LogP contribution in [0.1, 0.15) is 33.8 Å². The Bertz CT molecular complexity index is 984. The topological polar surface area (TPSA) is 52.3 Å². The van der Waals surface area contributed by atoms with Gasteiger partial charge in [-0.05, 0) is 48.3 Å². The zero-order valence-electron chi connectivity index (χ0n) is 13.7. The number of ether oxygens (including phenoxy) is 1. The third-order valence-corrected chi connectivity index (χ3v) is 4.34. The lowest BCUT2D eigenvalue weighted by Crippen LogP contribution is -2.10. The van der Waals surface area contributed by atoms with Crippen molar-refractivity contribution in [3.8, 4) is 0 Å². The first-order valence-corrected chi connectivity index (χ1v) is 8.22. The van der Waals surface area contributed by atoms with E-state index in [0.29, 0.717) is 5.56 Å². The van der Waals surface area contributed by atoms with Gasteiger partial charge in [-0.1, -0.05) is 30.9 Å². The van der Waals surface area contributed by atoms with Crippen molar-refractivity contribution in [1.29, 1.82) is 0 Å². The van der Waals surface area contributed by atoms with Crippen molar-refractivity contribution >= 4 is 28.5 Å². The van der Waals surface area contributed by atoms with E-state index in [1.165, 1.54) is 0 Å². The van der Waals surface area contributed by atoms with Crippen molar-refractivity contribution in [3.63, 3.8) is 0 Å². The summed E-state index contributed by atoms with van der Waals surface area (Å²) >= 11 is 0. The minimum atomic E-state index is -0.325. The number of rotatable bonds is 4. The summed E-state index contributed by atoms with van der Waals surface area (Å²) in [6, 6.07) is 11.4. The lowest BCUT2D eigenvalue weighted by atomic mass is 10.0. The number of hydrogen-bond acceptors (Lipinski definition) is 4. The number of aromatic nitrogens is 1. The van der Waals surface area contributed by atoms with Gasteiger partial charge in [0.15, 0.2) is 0 Å². The molecule has 0 N–H and O–H groups in total. The van der Waals surface area contributed by atoms with Gasteiger partial charge in [0.1, 0.15) is 12.4 Å². The third kappa shape index (κ3) is 2.76. The van der Waals surface area contributed by atoms with Crippen LogP contribution >= 0.6 is 0 Å². The predicted molar refractivity (Wildman–Crippen MR) is 97.1 cm³/mol. The fourth-order valence-corrected chi connectivity index (χ4v) is 3.26. The molecule has 1 aromatic carbocycles. The maximum atomic E-state index is 12.7. The largest absolute Gasteiger partial charge is 0.465 e. The first-order chi connectivity index (χ1) is 12.3. The maximum absolute atomic E-state index is 12.7. The number of furan rings is 1. The van der Waals surface area contributed by atoms with Gasteiger partial charge in [-0.2, -0.15) is 0 Å². The predicted octanol–water partition coefficient (Wildman–Crippen LogP) is 4.66. The summed E-state index contributed by atoms with van der Waals surface area (Å²) in [4.78, 5) is 17.5. The van der Waals surface area contributed by atoms with Crippen molar-refractivity contribution in [2.24, 2.45) is 0 Å². The minimum absolute atomic E-state index is 0.194. The molecule has 0 bridgehead atoms. The fraction of sp³-hybridized carbons (Fsp3) is 0.143. The molecule has 1 aliphatic carbocycles. The number of carbonyl (C=O) groups is 1. The summed E-state index contributed by atoms with van der Waals surface area (Å²) in [6.07, 6.45) is 6.80. The highest BCUT2D eigenvalue weighted by Crippen LogP contribution is 2.37. The summed E-state index contributed by atoms with van der Waals surface area (Å²) in [5, 5.41) is 0.828. The first-order valence-electron chi connectivity index (χ1n) is 8.22. The van der Waals surface area contributed by atoms with Gasteiger partial charge in [0.2, 0.25) is 0 Å². The van der Waals surface area contributed by atoms with E-state index in [1.54, 1.807) is 12.3 Å². The van der Waals surface area contributed by atoms with Gasteiger partial charge in [0.05, 0.1) is 23.0 Å². The summed E-state index contributed by atoms with van der Waals surface area (Å²) in [6.45, 7) is 3.80. The average Bonchev–Trinajstić information content (AvgIpc) is 3.28. The van der Waals surface area contributed by atoms with Crippen LogP contribution in [-0.4, -0.2) is 17.6 Å². The number of allylic oxidation sites excluding steroid dienone is 1. The van der Waals surface area contributed by atoms with Crippen LogP contribution < -0.4 is 0 Å². The van der Waals surface area contributed by atoms with Gasteiger partial charge >= 0.3 is 5.97 Å². The molecular formula is C21H17NO3. The van der Waals surface area contributed by atoms with E-state index in [-0.39, 0.29) is 12.6 Å². The number of nitrogens with zero attached hydrogens (tertiary/aromatic N) is 1. The van der Waals surface area contributed by atoms with Crippen molar-refractivity contribution in [2.45, 2.75) is 12.8 Å². The molecule has 0 fully saturated rings. The Morgan fingerprint density at radius 1 is 1.24 bits per heavy atom. The van der Waals surface area contributed by atoms with Crippen LogP contribution in [0.4, 0.5) is 0 Å². The highest BCUT2D eigenvalue weighted by atomic mass is 16.5. The molecule has 25 heavy (non-hydrogen) atoms. The molecule has 4 heteroatoms. The average molecular weight is 331 g/mol. The monoisotopic (exact) mass is 331 g/mol. The van der Waals surface area contributed by atoms with Crippen molar-refractivity contribution < 1.29 is 13.9 Å². The van der Waals surface area contributed by atoms with Crippen LogP contribution in [0.3, 0.4) is 0 Å². The second kappa shape index (κ2) is 6.40. The Kier molecular flexibility index (Phi) is 3.94. The number of hydrogen-bond donors (Lipinski definition) is 0. The Morgan fingerprint density at radius 2 is 2.12 bits per heavy atom. The van der Waals surface area contributed by atoms with Gasteiger partial charge in [-0.15, -0.1) is 0 Å². The van der Waals surface area contributed by atoms with E-state index in [4.69, 9.17) is 14.1 Å². The Labute approximate surface area is 145 Å². The molecule has 3 aromatic rings. The Morgan fingerprint density at radius 3 is 2.92 bits per heavy atom. The zero-order valence-corrected chi connectivity index (χ0v) is 13.7. The molecule has 0 saturated carbocycles. The van der Waals surface area contributed by atoms with Crippen molar-refractivity contribution in [3.05, 3.63) is 77.9 Å². The van der Waals surface area contributed by atoms with Gasteiger partial charge in [-0.25, -0.2) is 9.78 Å². The van der Waals surface area contributed by atoms with Crippen molar-refractivity contribution in [1.82, 2.24) is 4.98 Å². The van der Waals surface area contributed by atoms with Crippen LogP contribution in [0, 0.1) is 0 Å². The highest BCUT2D eigenvalue weighted by molar-refractivity contribution is 6.07. The van der Waals surface area contributed by atoms with Crippen LogP contribution in [0.25, 0.3) is 22.6 Å². The normalized spacial score (nSPS) is 14.6. The molecule has 0 atom stereocenters. The van der Waals surface area contributed by atoms with Gasteiger partial charge in [0.25, 0.3) is 0 Å². The van der Waals surface area contributed by atoms with Crippen molar-refractivity contribution in [2.75, 3.05) is 6.61 Å². The highest BCUT2D eigenvalue weighted by Gasteiger charge is 2.27. The summed E-state index contributed by atoms with van der Waals surface area (Å²) in [5.41, 5.74) is 4.30. The fourth-order valence-electron chi connectivity index (χ4n) is 3.26. The molecule has 0 spiro atoms. The standard InChI is InChI=1S/C21H17NO3/c1-2-11-25-21(23)19-16-7-3-4-8-18(16)22-20-14(9-10-17(19)20)13-15-6-5-12-24-15/h2-8,12-13H,1,9-11H2/b14-13-. The molecule has 0 aliphatic heterocycles. The molecular weight excluding hydrogens is 314 g/mol. The third-order valence-electron chi connectivity index (χ3n) is 4.34. The van der Waals surface area contributed by atoms with Gasteiger partial charge < -0.3 is 9.15 Å². The van der Waals surface area contributed by atoms with E-state index in [1.807, 2.05) is 42.5 Å². The molecule has 2 heterocycles. The molecule has 0 unspecified atom stereocenters. The van der Waals surface area contributed by atoms with Crippen LogP contribution in [0.5, 0.6) is 0 Å². The summed E-state index contributed by atoms with van der Waals surface area (Å²) in [5.74, 6) is 0.461. The molecule has 1 aliphatic rings. The quantitative estimate of drug-likeness (QED) is 0.515. The zero-order chi connectivity index (χ0) is 17.2. The second-order valence-corrected chi connectivity index (χ2v) is 5.90. The number of para-hydroxylation sites is 1. The van der Waals surface area contributed by atoms with Gasteiger partial charge in [0, 0.05) is 5.39 Å². The molecule has 2 aromatic heterocycles. The molecule has 0 amide bonds. The lowest BCUT2D eigenvalue weighted by molar-refractivity contribution is 0.0551. The SMILES string of the molecule is C=CCOC(=O)c1c2c(nc3ccccc13)/C(=C\c1ccco1)CC2. The number of pyridine rings is 1. The first kappa shape index (κ1) is 15.4. The van der Waals surface area contributed by atoms with E-state index in [2.05, 4.69) is 6.58 Å². The number of fused-ring (bicyclic) bond motifs is 2. The molecule has 0 radical (unpaired) electrons. The van der Waals surface area contributed by atoms with E-state index >= 15 is 0 Å². The molecule has 124 valence electrons. The van der Waals surface area contributed by atoms with Crippen LogP contribution in [0.15, 0.2) is 59.7 Å². The minimum Gasteiger partial charge on any atom is -0.465 e. The maximum Gasteiger partial charge on any atom is 0.339 e. The van der Waals surface area contributed by atoms with E-state index in [0.717, 1.165) is 46.3 Å². The second-order valence-electron chi connectivity index (χ2n) is 5.90. The lowest BCUT2D eigenvalue weighted by Gasteiger charge is -2.11. The summed E-state index contributed by atoms with van der Waals surface area (Å²) in [7, 11) is 0. The van der Waals surface area contributed by atoms with E-state index < -0.39 is 0 Å². The van der Waals surface area contributed by atoms with E-state index in [9.17, 15) is 4.79 Å². The molecule has 4 rings (SSSR count).